The second kappa shape index (κ2) is 4.37. The van der Waals surface area contributed by atoms with Crippen LogP contribution in [0.4, 0.5) is 5.82 Å². The Morgan fingerprint density at radius 3 is 2.44 bits per heavy atom. The van der Waals surface area contributed by atoms with Crippen LogP contribution in [0, 0.1) is 6.92 Å². The Bertz CT molecular complexity index is 570. The van der Waals surface area contributed by atoms with E-state index in [1.807, 2.05) is 25.1 Å². The summed E-state index contributed by atoms with van der Waals surface area (Å²) in [5.74, 6) is 1.07. The fourth-order valence-electron chi connectivity index (χ4n) is 1.62. The van der Waals surface area contributed by atoms with Gasteiger partial charge in [0.05, 0.1) is 5.69 Å². The molecule has 0 bridgehead atoms. The summed E-state index contributed by atoms with van der Waals surface area (Å²) in [6.45, 7) is 8.31. The molecule has 0 unspecified atom stereocenters. The third kappa shape index (κ3) is 2.64. The van der Waals surface area contributed by atoms with Gasteiger partial charge in [0.2, 0.25) is 0 Å². The van der Waals surface area contributed by atoms with Crippen LogP contribution in [0.25, 0.3) is 11.5 Å². The molecule has 94 valence electrons. The van der Waals surface area contributed by atoms with E-state index < -0.39 is 0 Å². The van der Waals surface area contributed by atoms with E-state index in [0.717, 1.165) is 17.0 Å². The molecule has 0 fully saturated rings. The van der Waals surface area contributed by atoms with Gasteiger partial charge in [0.25, 0.3) is 0 Å². The molecule has 0 amide bonds. The molecule has 18 heavy (non-hydrogen) atoms. The number of hydrogen-bond donors (Lipinski definition) is 1. The number of nitrogens with zero attached hydrogens (tertiary/aromatic N) is 3. The Kier molecular flexibility index (Phi) is 3.03. The SMILES string of the molecule is Cc1ccnc(-c2nc(N)cc(C(C)(C)C)n2)c1. The molecule has 0 saturated heterocycles. The lowest BCUT2D eigenvalue weighted by atomic mass is 9.92. The number of hydrogen-bond acceptors (Lipinski definition) is 4. The largest absolute Gasteiger partial charge is 0.384 e. The van der Waals surface area contributed by atoms with E-state index in [9.17, 15) is 0 Å². The smallest absolute Gasteiger partial charge is 0.180 e. The van der Waals surface area contributed by atoms with Crippen molar-refractivity contribution in [2.24, 2.45) is 0 Å². The fraction of sp³-hybridized carbons (Fsp3) is 0.357. The zero-order chi connectivity index (χ0) is 13.3. The standard InChI is InChI=1S/C14H18N4/c1-9-5-6-16-10(7-9)13-17-11(14(2,3)4)8-12(15)18-13/h5-8H,1-4H3,(H2,15,17,18). The summed E-state index contributed by atoms with van der Waals surface area (Å²) >= 11 is 0. The number of pyridine rings is 1. The van der Waals surface area contributed by atoms with Crippen molar-refractivity contribution >= 4 is 5.82 Å². The first kappa shape index (κ1) is 12.5. The first-order chi connectivity index (χ1) is 8.36. The summed E-state index contributed by atoms with van der Waals surface area (Å²) in [6, 6.07) is 5.72. The molecule has 2 aromatic rings. The maximum atomic E-state index is 5.85. The number of anilines is 1. The normalized spacial score (nSPS) is 11.6. The van der Waals surface area contributed by atoms with Crippen LogP contribution >= 0.6 is 0 Å². The van der Waals surface area contributed by atoms with E-state index in [4.69, 9.17) is 5.73 Å². The molecule has 0 atom stereocenters. The first-order valence-corrected chi connectivity index (χ1v) is 5.94. The van der Waals surface area contributed by atoms with Crippen molar-refractivity contribution in [3.63, 3.8) is 0 Å². The molecule has 0 aliphatic rings. The topological polar surface area (TPSA) is 64.7 Å². The molecule has 2 aromatic heterocycles. The number of aryl methyl sites for hydroxylation is 1. The van der Waals surface area contributed by atoms with Gasteiger partial charge in [-0.2, -0.15) is 0 Å². The summed E-state index contributed by atoms with van der Waals surface area (Å²) in [5.41, 5.74) is 8.60. The van der Waals surface area contributed by atoms with Crippen molar-refractivity contribution in [2.45, 2.75) is 33.1 Å². The maximum Gasteiger partial charge on any atom is 0.180 e. The number of aromatic nitrogens is 3. The van der Waals surface area contributed by atoms with Crippen molar-refractivity contribution < 1.29 is 0 Å². The lowest BCUT2D eigenvalue weighted by Gasteiger charge is -2.18. The van der Waals surface area contributed by atoms with Crippen molar-refractivity contribution in [1.29, 1.82) is 0 Å². The maximum absolute atomic E-state index is 5.85. The molecule has 2 N–H and O–H groups in total. The van der Waals surface area contributed by atoms with Gasteiger partial charge in [0, 0.05) is 17.7 Å². The molecule has 0 saturated carbocycles. The summed E-state index contributed by atoms with van der Waals surface area (Å²) in [4.78, 5) is 13.1. The minimum Gasteiger partial charge on any atom is -0.384 e. The fourth-order valence-corrected chi connectivity index (χ4v) is 1.62. The highest BCUT2D eigenvalue weighted by Crippen LogP contribution is 2.24. The van der Waals surface area contributed by atoms with Crippen LogP contribution in [0.1, 0.15) is 32.0 Å². The van der Waals surface area contributed by atoms with Crippen LogP contribution in [0.2, 0.25) is 0 Å². The molecule has 4 nitrogen and oxygen atoms in total. The number of nitrogen functional groups attached to an aromatic ring is 1. The van der Waals surface area contributed by atoms with Gasteiger partial charge in [0.1, 0.15) is 11.5 Å². The van der Waals surface area contributed by atoms with Crippen LogP contribution in [0.5, 0.6) is 0 Å². The predicted octanol–water partition coefficient (Wildman–Crippen LogP) is 2.73. The molecule has 0 aromatic carbocycles. The molecular weight excluding hydrogens is 224 g/mol. The monoisotopic (exact) mass is 242 g/mol. The first-order valence-electron chi connectivity index (χ1n) is 5.94. The van der Waals surface area contributed by atoms with Gasteiger partial charge in [-0.1, -0.05) is 20.8 Å². The van der Waals surface area contributed by atoms with E-state index in [0.29, 0.717) is 11.6 Å². The van der Waals surface area contributed by atoms with Gasteiger partial charge in [-0.05, 0) is 24.6 Å². The predicted molar refractivity (Wildman–Crippen MR) is 73.1 cm³/mol. The van der Waals surface area contributed by atoms with Gasteiger partial charge in [0.15, 0.2) is 5.82 Å². The lowest BCUT2D eigenvalue weighted by Crippen LogP contribution is -2.15. The van der Waals surface area contributed by atoms with Crippen molar-refractivity contribution in [2.75, 3.05) is 5.73 Å². The number of nitrogens with two attached hydrogens (primary N) is 1. The van der Waals surface area contributed by atoms with Crippen molar-refractivity contribution in [1.82, 2.24) is 15.0 Å². The molecule has 0 aliphatic carbocycles. The van der Waals surface area contributed by atoms with Gasteiger partial charge < -0.3 is 5.73 Å². The Hall–Kier alpha value is -1.97. The zero-order valence-electron chi connectivity index (χ0n) is 11.2. The Morgan fingerprint density at radius 2 is 1.83 bits per heavy atom. The average Bonchev–Trinajstić information content (AvgIpc) is 2.27. The summed E-state index contributed by atoms with van der Waals surface area (Å²) < 4.78 is 0. The molecule has 4 heteroatoms. The van der Waals surface area contributed by atoms with Crippen molar-refractivity contribution in [3.05, 3.63) is 35.7 Å². The second-order valence-corrected chi connectivity index (χ2v) is 5.47. The van der Waals surface area contributed by atoms with E-state index >= 15 is 0 Å². The van der Waals surface area contributed by atoms with Gasteiger partial charge in [-0.15, -0.1) is 0 Å². The van der Waals surface area contributed by atoms with Gasteiger partial charge in [-0.25, -0.2) is 9.97 Å². The van der Waals surface area contributed by atoms with Crippen LogP contribution < -0.4 is 5.73 Å². The quantitative estimate of drug-likeness (QED) is 0.835. The lowest BCUT2D eigenvalue weighted by molar-refractivity contribution is 0.568. The second-order valence-electron chi connectivity index (χ2n) is 5.47. The third-order valence-electron chi connectivity index (χ3n) is 2.66. The zero-order valence-corrected chi connectivity index (χ0v) is 11.2. The average molecular weight is 242 g/mol. The van der Waals surface area contributed by atoms with Crippen LogP contribution in [0.3, 0.4) is 0 Å². The van der Waals surface area contributed by atoms with Crippen LogP contribution in [0.15, 0.2) is 24.4 Å². The molecule has 2 rings (SSSR count). The highest BCUT2D eigenvalue weighted by atomic mass is 15.0. The minimum atomic E-state index is -0.0599. The minimum absolute atomic E-state index is 0.0599. The Balaban J connectivity index is 2.55. The van der Waals surface area contributed by atoms with Gasteiger partial charge >= 0.3 is 0 Å². The van der Waals surface area contributed by atoms with E-state index in [-0.39, 0.29) is 5.41 Å². The summed E-state index contributed by atoms with van der Waals surface area (Å²) in [7, 11) is 0. The molecule has 0 spiro atoms. The third-order valence-corrected chi connectivity index (χ3v) is 2.66. The molecule has 0 aliphatic heterocycles. The van der Waals surface area contributed by atoms with E-state index in [1.165, 1.54) is 0 Å². The van der Waals surface area contributed by atoms with E-state index in [2.05, 4.69) is 35.7 Å². The summed E-state index contributed by atoms with van der Waals surface area (Å²) in [6.07, 6.45) is 1.76. The Morgan fingerprint density at radius 1 is 1.11 bits per heavy atom. The van der Waals surface area contributed by atoms with E-state index in [1.54, 1.807) is 6.20 Å². The Labute approximate surface area is 107 Å². The van der Waals surface area contributed by atoms with Gasteiger partial charge in [-0.3, -0.25) is 4.98 Å². The molecule has 0 radical (unpaired) electrons. The number of rotatable bonds is 1. The molecular formula is C14H18N4. The molecule has 2 heterocycles. The highest BCUT2D eigenvalue weighted by molar-refractivity contribution is 5.53. The van der Waals surface area contributed by atoms with Crippen LogP contribution in [-0.4, -0.2) is 15.0 Å². The highest BCUT2D eigenvalue weighted by Gasteiger charge is 2.18. The van der Waals surface area contributed by atoms with Crippen LogP contribution in [-0.2, 0) is 5.41 Å². The summed E-state index contributed by atoms with van der Waals surface area (Å²) in [5, 5.41) is 0. The van der Waals surface area contributed by atoms with Crippen molar-refractivity contribution in [3.8, 4) is 11.5 Å².